The molecule has 1 amide bonds. The molecule has 3 nitrogen and oxygen atoms in total. The van der Waals surface area contributed by atoms with E-state index in [0.717, 1.165) is 5.69 Å². The number of hydrogen-bond acceptors (Lipinski definition) is 2. The third kappa shape index (κ3) is 5.05. The number of benzene rings is 2. The fourth-order valence-corrected chi connectivity index (χ4v) is 2.82. The Hall–Kier alpha value is -2.36. The van der Waals surface area contributed by atoms with Gasteiger partial charge < -0.3 is 10.6 Å². The fraction of sp³-hybridized carbons (Fsp3) is 0.381. The Balaban J connectivity index is 2.03. The van der Waals surface area contributed by atoms with Crippen LogP contribution in [0.2, 0.25) is 0 Å². The predicted molar refractivity (Wildman–Crippen MR) is 101 cm³/mol. The number of carbonyl (C=O) groups excluding carboxylic acids is 1. The number of amides is 1. The van der Waals surface area contributed by atoms with E-state index in [1.165, 1.54) is 17.2 Å². The highest BCUT2D eigenvalue weighted by Gasteiger charge is 2.14. The Morgan fingerprint density at radius 2 is 1.56 bits per heavy atom. The Morgan fingerprint density at radius 1 is 0.960 bits per heavy atom. The third-order valence-corrected chi connectivity index (χ3v) is 4.23. The second kappa shape index (κ2) is 8.65. The molecule has 0 aliphatic carbocycles. The van der Waals surface area contributed by atoms with Crippen LogP contribution < -0.4 is 10.6 Å². The Bertz CT molecular complexity index is 699. The van der Waals surface area contributed by atoms with E-state index in [0.29, 0.717) is 17.4 Å². The highest BCUT2D eigenvalue weighted by atomic mass is 19.1. The molecule has 0 aliphatic rings. The molecule has 0 bridgehead atoms. The van der Waals surface area contributed by atoms with Crippen LogP contribution in [0.5, 0.6) is 0 Å². The van der Waals surface area contributed by atoms with E-state index in [1.54, 1.807) is 18.2 Å². The lowest BCUT2D eigenvalue weighted by molar-refractivity contribution is -0.119. The molecule has 0 saturated heterocycles. The molecule has 25 heavy (non-hydrogen) atoms. The van der Waals surface area contributed by atoms with Crippen LogP contribution in [0.1, 0.15) is 56.2 Å². The molecular weight excluding hydrogens is 315 g/mol. The molecule has 2 aromatic carbocycles. The first kappa shape index (κ1) is 19.0. The summed E-state index contributed by atoms with van der Waals surface area (Å²) >= 11 is 0. The van der Waals surface area contributed by atoms with Gasteiger partial charge in [-0.05, 0) is 29.0 Å². The van der Waals surface area contributed by atoms with Crippen LogP contribution in [-0.4, -0.2) is 12.5 Å². The molecule has 0 atom stereocenters. The summed E-state index contributed by atoms with van der Waals surface area (Å²) in [4.78, 5) is 12.2. The average Bonchev–Trinajstić information content (AvgIpc) is 2.58. The lowest BCUT2D eigenvalue weighted by Crippen LogP contribution is -2.30. The minimum absolute atomic E-state index is 0.156. The van der Waals surface area contributed by atoms with Crippen molar-refractivity contribution in [2.75, 3.05) is 11.9 Å². The van der Waals surface area contributed by atoms with Crippen molar-refractivity contribution < 1.29 is 9.18 Å². The van der Waals surface area contributed by atoms with Gasteiger partial charge in [0.2, 0.25) is 5.91 Å². The van der Waals surface area contributed by atoms with Gasteiger partial charge >= 0.3 is 0 Å². The molecule has 0 fully saturated rings. The van der Waals surface area contributed by atoms with Crippen LogP contribution in [0.15, 0.2) is 42.5 Å². The largest absolute Gasteiger partial charge is 0.376 e. The minimum atomic E-state index is -0.303. The van der Waals surface area contributed by atoms with E-state index in [-0.39, 0.29) is 24.8 Å². The number of para-hydroxylation sites is 1. The van der Waals surface area contributed by atoms with E-state index in [9.17, 15) is 9.18 Å². The van der Waals surface area contributed by atoms with Gasteiger partial charge in [-0.3, -0.25) is 4.79 Å². The van der Waals surface area contributed by atoms with Crippen molar-refractivity contribution >= 4 is 11.6 Å². The van der Waals surface area contributed by atoms with Crippen LogP contribution >= 0.6 is 0 Å². The normalized spacial score (nSPS) is 11.0. The Morgan fingerprint density at radius 3 is 2.12 bits per heavy atom. The highest BCUT2D eigenvalue weighted by Crippen LogP contribution is 2.32. The van der Waals surface area contributed by atoms with Crippen molar-refractivity contribution in [1.82, 2.24) is 5.32 Å². The van der Waals surface area contributed by atoms with Gasteiger partial charge in [0, 0.05) is 17.8 Å². The van der Waals surface area contributed by atoms with E-state index in [4.69, 9.17) is 0 Å². The molecular formula is C21H27FN2O. The molecule has 0 heterocycles. The number of rotatable bonds is 7. The molecule has 0 unspecified atom stereocenters. The van der Waals surface area contributed by atoms with Crippen molar-refractivity contribution in [2.24, 2.45) is 0 Å². The number of halogens is 1. The Labute approximate surface area is 149 Å². The summed E-state index contributed by atoms with van der Waals surface area (Å²) in [5.41, 5.74) is 3.93. The summed E-state index contributed by atoms with van der Waals surface area (Å²) in [6.07, 6.45) is 0. The molecule has 4 heteroatoms. The number of anilines is 1. The van der Waals surface area contributed by atoms with Crippen molar-refractivity contribution in [1.29, 1.82) is 0 Å². The minimum Gasteiger partial charge on any atom is -0.376 e. The number of carbonyl (C=O) groups is 1. The standard InChI is InChI=1S/C21H27FN2O/c1-14(2)17-9-7-10-18(15(3)4)21(17)24-13-20(25)23-12-16-8-5-6-11-19(16)22/h5-11,14-15,24H,12-13H2,1-4H3,(H,23,25). The maximum Gasteiger partial charge on any atom is 0.239 e. The molecule has 2 N–H and O–H groups in total. The van der Waals surface area contributed by atoms with Crippen LogP contribution in [0.3, 0.4) is 0 Å². The number of hydrogen-bond donors (Lipinski definition) is 2. The summed E-state index contributed by atoms with van der Waals surface area (Å²) in [6.45, 7) is 8.92. The predicted octanol–water partition coefficient (Wildman–Crippen LogP) is 4.80. The van der Waals surface area contributed by atoms with E-state index < -0.39 is 0 Å². The maximum absolute atomic E-state index is 13.6. The first-order valence-electron chi connectivity index (χ1n) is 8.77. The molecule has 2 aromatic rings. The lowest BCUT2D eigenvalue weighted by Gasteiger charge is -2.20. The van der Waals surface area contributed by atoms with Gasteiger partial charge in [0.25, 0.3) is 0 Å². The first-order chi connectivity index (χ1) is 11.9. The quantitative estimate of drug-likeness (QED) is 0.759. The number of nitrogens with one attached hydrogen (secondary N) is 2. The van der Waals surface area contributed by atoms with Gasteiger partial charge in [-0.25, -0.2) is 4.39 Å². The van der Waals surface area contributed by atoms with E-state index in [2.05, 4.69) is 56.5 Å². The maximum atomic E-state index is 13.6. The highest BCUT2D eigenvalue weighted by molar-refractivity contribution is 5.81. The smallest absolute Gasteiger partial charge is 0.239 e. The van der Waals surface area contributed by atoms with Gasteiger partial charge in [0.1, 0.15) is 5.82 Å². The summed E-state index contributed by atoms with van der Waals surface area (Å²) < 4.78 is 13.6. The molecule has 0 aliphatic heterocycles. The summed E-state index contributed by atoms with van der Waals surface area (Å²) in [7, 11) is 0. The molecule has 0 saturated carbocycles. The lowest BCUT2D eigenvalue weighted by atomic mass is 9.92. The van der Waals surface area contributed by atoms with Crippen molar-refractivity contribution in [3.05, 3.63) is 65.0 Å². The van der Waals surface area contributed by atoms with Crippen molar-refractivity contribution in [3.63, 3.8) is 0 Å². The molecule has 2 rings (SSSR count). The molecule has 0 spiro atoms. The molecule has 0 radical (unpaired) electrons. The second-order valence-electron chi connectivity index (χ2n) is 6.84. The second-order valence-corrected chi connectivity index (χ2v) is 6.84. The monoisotopic (exact) mass is 342 g/mol. The summed E-state index contributed by atoms with van der Waals surface area (Å²) in [6, 6.07) is 12.7. The van der Waals surface area contributed by atoms with Gasteiger partial charge in [-0.2, -0.15) is 0 Å². The molecule has 0 aromatic heterocycles. The van der Waals surface area contributed by atoms with Crippen LogP contribution in [-0.2, 0) is 11.3 Å². The first-order valence-corrected chi connectivity index (χ1v) is 8.77. The summed E-state index contributed by atoms with van der Waals surface area (Å²) in [5.74, 6) is 0.268. The fourth-order valence-electron chi connectivity index (χ4n) is 2.82. The van der Waals surface area contributed by atoms with E-state index >= 15 is 0 Å². The van der Waals surface area contributed by atoms with Gasteiger partial charge in [0.15, 0.2) is 0 Å². The topological polar surface area (TPSA) is 41.1 Å². The zero-order valence-corrected chi connectivity index (χ0v) is 15.4. The van der Waals surface area contributed by atoms with Crippen LogP contribution in [0.4, 0.5) is 10.1 Å². The zero-order chi connectivity index (χ0) is 18.4. The van der Waals surface area contributed by atoms with Crippen LogP contribution in [0.25, 0.3) is 0 Å². The molecule has 134 valence electrons. The summed E-state index contributed by atoms with van der Waals surface area (Å²) in [5, 5.41) is 6.06. The Kier molecular flexibility index (Phi) is 6.57. The zero-order valence-electron chi connectivity index (χ0n) is 15.4. The van der Waals surface area contributed by atoms with Gasteiger partial charge in [0.05, 0.1) is 6.54 Å². The van der Waals surface area contributed by atoms with Crippen molar-refractivity contribution in [2.45, 2.75) is 46.1 Å². The van der Waals surface area contributed by atoms with Crippen molar-refractivity contribution in [3.8, 4) is 0 Å². The van der Waals surface area contributed by atoms with Gasteiger partial charge in [-0.1, -0.05) is 64.1 Å². The SMILES string of the molecule is CC(C)c1cccc(C(C)C)c1NCC(=O)NCc1ccccc1F. The van der Waals surface area contributed by atoms with E-state index in [1.807, 2.05) is 0 Å². The van der Waals surface area contributed by atoms with Gasteiger partial charge in [-0.15, -0.1) is 0 Å². The average molecular weight is 342 g/mol. The van der Waals surface area contributed by atoms with Crippen LogP contribution in [0, 0.1) is 5.82 Å². The third-order valence-electron chi connectivity index (χ3n) is 4.23.